The molecule has 0 bridgehead atoms. The van der Waals surface area contributed by atoms with Gasteiger partial charge < -0.3 is 25.7 Å². The van der Waals surface area contributed by atoms with Gasteiger partial charge in [-0.15, -0.1) is 28.2 Å². The number of amides is 3. The first-order valence-corrected chi connectivity index (χ1v) is 16.1. The summed E-state index contributed by atoms with van der Waals surface area (Å²) in [5.74, 6) is -3.29. The highest BCUT2D eigenvalue weighted by atomic mass is 32.2. The molecule has 0 spiro atoms. The summed E-state index contributed by atoms with van der Waals surface area (Å²) in [6.07, 6.45) is 6.26. The monoisotopic (exact) mass is 663 g/mol. The van der Waals surface area contributed by atoms with Crippen LogP contribution in [0, 0.1) is 0 Å². The van der Waals surface area contributed by atoms with E-state index in [0.717, 1.165) is 40.8 Å². The molecule has 17 nitrogen and oxygen atoms in total. The van der Waals surface area contributed by atoms with Crippen molar-refractivity contribution in [3.63, 3.8) is 0 Å². The van der Waals surface area contributed by atoms with Crippen LogP contribution < -0.4 is 10.6 Å². The average molecular weight is 664 g/mol. The fourth-order valence-electron chi connectivity index (χ4n) is 4.49. The van der Waals surface area contributed by atoms with E-state index in [0.29, 0.717) is 23.6 Å². The van der Waals surface area contributed by atoms with Crippen LogP contribution in [0.5, 0.6) is 0 Å². The number of nitrogens with one attached hydrogen (secondary N) is 2. The third-order valence-electron chi connectivity index (χ3n) is 6.58. The Balaban J connectivity index is 1.29. The summed E-state index contributed by atoms with van der Waals surface area (Å²) in [5.41, 5.74) is 0.195. The number of carbonyl (C=O) groups excluding carboxylic acids is 3. The number of thioether (sulfide) groups is 2. The van der Waals surface area contributed by atoms with Crippen molar-refractivity contribution in [2.45, 2.75) is 54.9 Å². The molecule has 20 heteroatoms. The fraction of sp³-hybridized carbons (Fsp3) is 0.417. The van der Waals surface area contributed by atoms with Gasteiger partial charge in [-0.25, -0.2) is 14.5 Å². The Labute approximate surface area is 261 Å². The van der Waals surface area contributed by atoms with E-state index in [1.54, 1.807) is 0 Å². The molecule has 2 aromatic rings. The van der Waals surface area contributed by atoms with E-state index in [1.165, 1.54) is 21.8 Å². The average Bonchev–Trinajstić information content (AvgIpc) is 3.67. The molecule has 0 aromatic carbocycles. The number of oxime groups is 1. The second-order valence-electron chi connectivity index (χ2n) is 9.48. The van der Waals surface area contributed by atoms with E-state index in [1.807, 2.05) is 12.2 Å². The number of allylic oxidation sites excluding steroid dienone is 1. The van der Waals surface area contributed by atoms with Crippen LogP contribution in [0.4, 0.5) is 5.13 Å². The van der Waals surface area contributed by atoms with Gasteiger partial charge in [0.25, 0.3) is 11.8 Å². The molecule has 3 atom stereocenters. The van der Waals surface area contributed by atoms with Crippen molar-refractivity contribution in [2.75, 3.05) is 16.8 Å². The van der Waals surface area contributed by atoms with Crippen molar-refractivity contribution >= 4 is 75.9 Å². The molecule has 4 N–H and O–H groups in total. The highest BCUT2D eigenvalue weighted by molar-refractivity contribution is 8.01. The lowest BCUT2D eigenvalue weighted by atomic mass is 10.0. The van der Waals surface area contributed by atoms with Crippen molar-refractivity contribution < 1.29 is 39.0 Å². The van der Waals surface area contributed by atoms with Gasteiger partial charge in [0, 0.05) is 16.9 Å². The molecule has 5 rings (SSSR count). The van der Waals surface area contributed by atoms with Crippen molar-refractivity contribution in [1.29, 1.82) is 0 Å². The van der Waals surface area contributed by atoms with Gasteiger partial charge in [-0.2, -0.15) is 0 Å². The summed E-state index contributed by atoms with van der Waals surface area (Å²) < 4.78 is 1.31. The largest absolute Gasteiger partial charge is 0.481 e. The Kier molecular flexibility index (Phi) is 9.90. The van der Waals surface area contributed by atoms with E-state index in [2.05, 4.69) is 36.3 Å². The zero-order valence-electron chi connectivity index (χ0n) is 22.7. The maximum atomic E-state index is 13.4. The standard InChI is InChI=1S/C24H25N9O8S3/c34-11-25-23-26-14(10-43-23)16(29-41-13-4-2-1-3-5-13)19(37)27-17-20(38)33-18(22(39)40)12(8-42-21(17)33)9-44-24-28-30-31-32(24)7-6-15(35)36/h2,4,10-11,13,17,21H,1,3,5-9H2,(H,27,37)(H,35,36)(H,39,40)(H,25,26,34)/b29-16-/t13?,17?,21-/m1/s1. The molecule has 2 aromatic heterocycles. The first-order valence-electron chi connectivity index (χ1n) is 13.1. The van der Waals surface area contributed by atoms with Crippen LogP contribution >= 0.6 is 34.9 Å². The normalized spacial score (nSPS) is 21.4. The molecule has 44 heavy (non-hydrogen) atoms. The van der Waals surface area contributed by atoms with E-state index in [9.17, 15) is 29.1 Å². The van der Waals surface area contributed by atoms with Crippen LogP contribution in [0.2, 0.25) is 0 Å². The zero-order chi connectivity index (χ0) is 31.2. The lowest BCUT2D eigenvalue weighted by Gasteiger charge is -2.49. The maximum absolute atomic E-state index is 13.4. The van der Waals surface area contributed by atoms with Crippen molar-refractivity contribution in [3.05, 3.63) is 34.5 Å². The van der Waals surface area contributed by atoms with E-state index >= 15 is 0 Å². The Morgan fingerprint density at radius 1 is 1.30 bits per heavy atom. The number of nitrogens with zero attached hydrogens (tertiary/aromatic N) is 7. The number of aromatic nitrogens is 5. The molecular formula is C24H25N9O8S3. The topological polar surface area (TPSA) is 231 Å². The van der Waals surface area contributed by atoms with Gasteiger partial charge in [0.1, 0.15) is 28.9 Å². The summed E-state index contributed by atoms with van der Waals surface area (Å²) in [4.78, 5) is 71.6. The van der Waals surface area contributed by atoms with Gasteiger partial charge in [-0.3, -0.25) is 24.1 Å². The third kappa shape index (κ3) is 6.91. The Morgan fingerprint density at radius 2 is 2.14 bits per heavy atom. The highest BCUT2D eigenvalue weighted by Crippen LogP contribution is 2.41. The molecule has 0 radical (unpaired) electrons. The third-order valence-corrected chi connectivity index (χ3v) is 9.74. The minimum atomic E-state index is -1.30. The number of carboxylic acids is 2. The number of carboxylic acid groups (broad SMARTS) is 2. The van der Waals surface area contributed by atoms with Crippen LogP contribution in [-0.2, 0) is 35.4 Å². The molecule has 1 fully saturated rings. The highest BCUT2D eigenvalue weighted by Gasteiger charge is 2.54. The number of aliphatic carboxylic acids is 2. The van der Waals surface area contributed by atoms with Gasteiger partial charge in [-0.05, 0) is 41.3 Å². The van der Waals surface area contributed by atoms with Gasteiger partial charge in [0.05, 0.1) is 13.0 Å². The van der Waals surface area contributed by atoms with Crippen LogP contribution in [0.25, 0.3) is 0 Å². The van der Waals surface area contributed by atoms with Crippen molar-refractivity contribution in [1.82, 2.24) is 35.4 Å². The molecule has 3 aliphatic rings. The molecular weight excluding hydrogens is 639 g/mol. The van der Waals surface area contributed by atoms with Crippen molar-refractivity contribution in [3.8, 4) is 0 Å². The van der Waals surface area contributed by atoms with Crippen LogP contribution in [0.15, 0.2) is 39.1 Å². The summed E-state index contributed by atoms with van der Waals surface area (Å²) in [5, 5.41) is 40.6. The Hall–Kier alpha value is -4.30. The predicted octanol–water partition coefficient (Wildman–Crippen LogP) is 0.533. The fourth-order valence-corrected chi connectivity index (χ4v) is 7.53. The molecule has 3 amide bonds. The first-order chi connectivity index (χ1) is 21.3. The molecule has 232 valence electrons. The SMILES string of the molecule is O=CNc1nc(/C(=N/OC2C=CCCC2)C(=O)NC2C(=O)N3C(C(=O)O)=C(CSc4nnnn4CCC(=O)O)CS[C@H]23)cs1. The summed E-state index contributed by atoms with van der Waals surface area (Å²) in [6, 6.07) is -1.04. The minimum Gasteiger partial charge on any atom is -0.481 e. The number of carbonyl (C=O) groups is 5. The van der Waals surface area contributed by atoms with Crippen LogP contribution in [0.1, 0.15) is 31.4 Å². The Morgan fingerprint density at radius 3 is 2.86 bits per heavy atom. The number of hydrogen-bond acceptors (Lipinski definition) is 14. The number of tetrazole rings is 1. The molecule has 4 heterocycles. The molecule has 1 aliphatic carbocycles. The number of thiazole rings is 1. The summed E-state index contributed by atoms with van der Waals surface area (Å²) in [6.45, 7) is 0.0435. The summed E-state index contributed by atoms with van der Waals surface area (Å²) in [7, 11) is 0. The molecule has 0 saturated carbocycles. The molecule has 2 unspecified atom stereocenters. The quantitative estimate of drug-likeness (QED) is 0.0540. The number of rotatable bonds is 14. The predicted molar refractivity (Wildman–Crippen MR) is 157 cm³/mol. The van der Waals surface area contributed by atoms with Crippen LogP contribution in [0.3, 0.4) is 0 Å². The second kappa shape index (κ2) is 14.0. The lowest BCUT2D eigenvalue weighted by Crippen LogP contribution is -2.71. The lowest BCUT2D eigenvalue weighted by molar-refractivity contribution is -0.150. The second-order valence-corrected chi connectivity index (χ2v) is 12.4. The number of aryl methyl sites for hydroxylation is 1. The number of fused-ring (bicyclic) bond motifs is 1. The van der Waals surface area contributed by atoms with Crippen molar-refractivity contribution in [2.24, 2.45) is 5.16 Å². The Bertz CT molecular complexity index is 1550. The number of hydrogen-bond donors (Lipinski definition) is 4. The number of β-lactam (4-membered cyclic amide) rings is 1. The van der Waals surface area contributed by atoms with E-state index in [4.69, 9.17) is 9.94 Å². The number of anilines is 1. The minimum absolute atomic E-state index is 0.0435. The van der Waals surface area contributed by atoms with Gasteiger partial charge in [0.15, 0.2) is 10.8 Å². The van der Waals surface area contributed by atoms with E-state index < -0.39 is 35.2 Å². The smallest absolute Gasteiger partial charge is 0.352 e. The van der Waals surface area contributed by atoms with Gasteiger partial charge >= 0.3 is 11.9 Å². The maximum Gasteiger partial charge on any atom is 0.352 e. The van der Waals surface area contributed by atoms with Gasteiger partial charge in [0.2, 0.25) is 11.6 Å². The first kappa shape index (κ1) is 31.1. The molecule has 1 saturated heterocycles. The summed E-state index contributed by atoms with van der Waals surface area (Å²) >= 11 is 3.48. The molecule has 2 aliphatic heterocycles. The van der Waals surface area contributed by atoms with Crippen LogP contribution in [-0.4, -0.2) is 105 Å². The van der Waals surface area contributed by atoms with Gasteiger partial charge in [-0.1, -0.05) is 23.0 Å². The zero-order valence-corrected chi connectivity index (χ0v) is 25.1. The van der Waals surface area contributed by atoms with E-state index in [-0.39, 0.29) is 52.8 Å².